The van der Waals surface area contributed by atoms with Crippen molar-refractivity contribution in [2.45, 2.75) is 6.54 Å². The number of rotatable bonds is 6. The van der Waals surface area contributed by atoms with Crippen LogP contribution in [0.15, 0.2) is 83.9 Å². The highest BCUT2D eigenvalue weighted by Gasteiger charge is 2.40. The highest BCUT2D eigenvalue weighted by atomic mass is 32.2. The Hall–Kier alpha value is -3.78. The van der Waals surface area contributed by atoms with Crippen LogP contribution in [0.2, 0.25) is 0 Å². The van der Waals surface area contributed by atoms with E-state index in [1.165, 1.54) is 24.7 Å². The zero-order chi connectivity index (χ0) is 22.7. The minimum absolute atomic E-state index is 0.109. The summed E-state index contributed by atoms with van der Waals surface area (Å²) in [6, 6.07) is 21.0. The van der Waals surface area contributed by atoms with Crippen molar-refractivity contribution in [3.63, 3.8) is 0 Å². The van der Waals surface area contributed by atoms with Gasteiger partial charge in [-0.2, -0.15) is 0 Å². The monoisotopic (exact) mass is 450 g/mol. The lowest BCUT2D eigenvalue weighted by Gasteiger charge is -2.31. The van der Waals surface area contributed by atoms with Gasteiger partial charge in [0, 0.05) is 35.6 Å². The molecule has 164 valence electrons. The molecule has 0 amide bonds. The van der Waals surface area contributed by atoms with Crippen LogP contribution in [-0.4, -0.2) is 28.4 Å². The van der Waals surface area contributed by atoms with E-state index in [-0.39, 0.29) is 11.4 Å². The second kappa shape index (κ2) is 8.76. The van der Waals surface area contributed by atoms with Crippen molar-refractivity contribution in [3.8, 4) is 11.5 Å². The van der Waals surface area contributed by atoms with Gasteiger partial charge in [-0.1, -0.05) is 42.5 Å². The van der Waals surface area contributed by atoms with Gasteiger partial charge in [0.2, 0.25) is 5.78 Å². The molecule has 0 bridgehead atoms. The molecule has 0 atom stereocenters. The highest BCUT2D eigenvalue weighted by molar-refractivity contribution is 7.97. The number of ketones is 1. The van der Waals surface area contributed by atoms with Gasteiger partial charge in [-0.25, -0.2) is 8.42 Å². The molecule has 3 aromatic carbocycles. The molecule has 0 saturated carbocycles. The van der Waals surface area contributed by atoms with E-state index in [0.717, 1.165) is 5.56 Å². The summed E-state index contributed by atoms with van der Waals surface area (Å²) in [4.78, 5) is 12.8. The maximum atomic E-state index is 13.5. The molecule has 8 heteroatoms. The second-order valence-electron chi connectivity index (χ2n) is 7.10. The number of benzene rings is 3. The maximum Gasteiger partial charge on any atom is 0.270 e. The molecule has 0 aromatic heterocycles. The molecule has 0 radical (unpaired) electrons. The third-order valence-corrected chi connectivity index (χ3v) is 6.86. The fourth-order valence-electron chi connectivity index (χ4n) is 3.48. The zero-order valence-electron chi connectivity index (χ0n) is 17.6. The van der Waals surface area contributed by atoms with Crippen LogP contribution in [0.25, 0.3) is 0 Å². The molecule has 1 aliphatic rings. The molecule has 0 spiro atoms. The Morgan fingerprint density at radius 1 is 0.906 bits per heavy atom. The van der Waals surface area contributed by atoms with Gasteiger partial charge in [0.1, 0.15) is 11.5 Å². The average molecular weight is 451 g/mol. The topological polar surface area (TPSA) is 84.9 Å². The van der Waals surface area contributed by atoms with E-state index in [1.54, 1.807) is 42.5 Å². The number of sulfonamides is 1. The number of anilines is 2. The minimum atomic E-state index is -4.11. The number of carbonyl (C=O) groups excluding carboxylic acids is 1. The Balaban J connectivity index is 1.76. The number of methoxy groups -OCH3 is 2. The lowest BCUT2D eigenvalue weighted by Crippen LogP contribution is -2.39. The first-order chi connectivity index (χ1) is 15.4. The van der Waals surface area contributed by atoms with Crippen molar-refractivity contribution in [2.24, 2.45) is 0 Å². The number of ether oxygens (including phenoxy) is 2. The second-order valence-corrected chi connectivity index (χ2v) is 8.93. The average Bonchev–Trinajstić information content (AvgIpc) is 2.82. The number of hydrogen-bond acceptors (Lipinski definition) is 6. The summed E-state index contributed by atoms with van der Waals surface area (Å²) < 4.78 is 38.8. The largest absolute Gasteiger partial charge is 0.497 e. The Morgan fingerprint density at radius 3 is 2.19 bits per heavy atom. The number of carbonyl (C=O) groups is 1. The highest BCUT2D eigenvalue weighted by Crippen LogP contribution is 2.36. The molecule has 1 aliphatic heterocycles. The van der Waals surface area contributed by atoms with Crippen LogP contribution < -0.4 is 19.1 Å². The third kappa shape index (κ3) is 4.04. The summed E-state index contributed by atoms with van der Waals surface area (Å²) in [5, 5.41) is 2.92. The summed E-state index contributed by atoms with van der Waals surface area (Å²) in [7, 11) is -1.07. The number of para-hydroxylation sites is 1. The molecule has 1 heterocycles. The van der Waals surface area contributed by atoms with E-state index in [1.807, 2.05) is 30.3 Å². The SMILES string of the molecule is COc1cc(NC=C2C(=O)c3ccccc3N(Cc3ccccc3)S2(=O)=O)cc(OC)c1. The summed E-state index contributed by atoms with van der Waals surface area (Å²) in [6.45, 7) is 0.109. The number of fused-ring (bicyclic) bond motifs is 1. The van der Waals surface area contributed by atoms with Crippen LogP contribution in [0.5, 0.6) is 11.5 Å². The molecule has 32 heavy (non-hydrogen) atoms. The van der Waals surface area contributed by atoms with Crippen LogP contribution in [0.1, 0.15) is 15.9 Å². The fraction of sp³-hybridized carbons (Fsp3) is 0.125. The van der Waals surface area contributed by atoms with Crippen LogP contribution in [0.4, 0.5) is 11.4 Å². The fourth-order valence-corrected chi connectivity index (χ4v) is 5.01. The van der Waals surface area contributed by atoms with E-state index in [9.17, 15) is 13.2 Å². The van der Waals surface area contributed by atoms with E-state index in [4.69, 9.17) is 9.47 Å². The predicted molar refractivity (Wildman–Crippen MR) is 124 cm³/mol. The quantitative estimate of drug-likeness (QED) is 0.567. The maximum absolute atomic E-state index is 13.5. The van der Waals surface area contributed by atoms with E-state index >= 15 is 0 Å². The molecule has 0 fully saturated rings. The van der Waals surface area contributed by atoms with Gasteiger partial charge in [0.15, 0.2) is 4.91 Å². The van der Waals surface area contributed by atoms with Gasteiger partial charge in [-0.05, 0) is 17.7 Å². The molecule has 7 nitrogen and oxygen atoms in total. The first kappa shape index (κ1) is 21.5. The molecule has 4 rings (SSSR count). The summed E-state index contributed by atoms with van der Waals surface area (Å²) >= 11 is 0. The van der Waals surface area contributed by atoms with E-state index < -0.39 is 15.8 Å². The molecule has 0 aliphatic carbocycles. The number of nitrogens with zero attached hydrogens (tertiary/aromatic N) is 1. The standard InChI is InChI=1S/C24H22N2O5S/c1-30-19-12-18(13-20(14-19)31-2)25-15-23-24(27)21-10-6-7-11-22(21)26(32(23,28)29)16-17-8-4-3-5-9-17/h3-15,25H,16H2,1-2H3. The van der Waals surface area contributed by atoms with Gasteiger partial charge in [0.05, 0.1) is 26.5 Å². The first-order valence-electron chi connectivity index (χ1n) is 9.84. The molecular weight excluding hydrogens is 428 g/mol. The van der Waals surface area contributed by atoms with Crippen molar-refractivity contribution in [2.75, 3.05) is 23.8 Å². The van der Waals surface area contributed by atoms with Crippen molar-refractivity contribution in [3.05, 3.63) is 95.0 Å². The minimum Gasteiger partial charge on any atom is -0.497 e. The molecule has 1 N–H and O–H groups in total. The van der Waals surface area contributed by atoms with Gasteiger partial charge < -0.3 is 14.8 Å². The number of nitrogens with one attached hydrogen (secondary N) is 1. The zero-order valence-corrected chi connectivity index (χ0v) is 18.4. The molecular formula is C24H22N2O5S. The van der Waals surface area contributed by atoms with E-state index in [2.05, 4.69) is 5.32 Å². The number of allylic oxidation sites excluding steroid dienone is 1. The van der Waals surface area contributed by atoms with Crippen molar-refractivity contribution in [1.29, 1.82) is 0 Å². The van der Waals surface area contributed by atoms with Crippen molar-refractivity contribution >= 4 is 27.2 Å². The summed E-state index contributed by atoms with van der Waals surface area (Å²) in [5.41, 5.74) is 2.02. The van der Waals surface area contributed by atoms with Crippen LogP contribution >= 0.6 is 0 Å². The first-order valence-corrected chi connectivity index (χ1v) is 11.3. The summed E-state index contributed by atoms with van der Waals surface area (Å²) in [5.74, 6) is 0.491. The van der Waals surface area contributed by atoms with Crippen LogP contribution in [0, 0.1) is 0 Å². The summed E-state index contributed by atoms with van der Waals surface area (Å²) in [6.07, 6.45) is 1.22. The number of hydrogen-bond donors (Lipinski definition) is 1. The van der Waals surface area contributed by atoms with Gasteiger partial charge in [0.25, 0.3) is 10.0 Å². The Morgan fingerprint density at radius 2 is 1.53 bits per heavy atom. The van der Waals surface area contributed by atoms with Gasteiger partial charge in [-0.3, -0.25) is 9.10 Å². The third-order valence-electron chi connectivity index (χ3n) is 5.10. The van der Waals surface area contributed by atoms with E-state index in [0.29, 0.717) is 28.4 Å². The molecule has 0 saturated heterocycles. The Labute approximate surface area is 186 Å². The Bertz CT molecular complexity index is 1260. The molecule has 0 unspecified atom stereocenters. The smallest absolute Gasteiger partial charge is 0.270 e. The van der Waals surface area contributed by atoms with Crippen molar-refractivity contribution < 1.29 is 22.7 Å². The number of Topliss-reactive ketones (excluding diaryl/α,β-unsaturated/α-hetero) is 1. The molecule has 3 aromatic rings. The normalized spacial score (nSPS) is 15.9. The predicted octanol–water partition coefficient (Wildman–Crippen LogP) is 4.19. The van der Waals surface area contributed by atoms with Crippen molar-refractivity contribution in [1.82, 2.24) is 0 Å². The van der Waals surface area contributed by atoms with Crippen LogP contribution in [0.3, 0.4) is 0 Å². The Kier molecular flexibility index (Phi) is 5.87. The lowest BCUT2D eigenvalue weighted by molar-refractivity contribution is 0.104. The van der Waals surface area contributed by atoms with Gasteiger partial charge in [-0.15, -0.1) is 0 Å². The lowest BCUT2D eigenvalue weighted by atomic mass is 10.1. The van der Waals surface area contributed by atoms with Crippen LogP contribution in [-0.2, 0) is 16.6 Å². The van der Waals surface area contributed by atoms with Gasteiger partial charge >= 0.3 is 0 Å².